The standard InChI is InChI=1S/C14H18N2O2S/c1-10-8-16(5-6-17-10)9-12-11(2)18-14(15-12)13-4-3-7-19-13/h3-4,7,10H,5-6,8-9H2,1-2H3/t10-/m0/s1. The Balaban J connectivity index is 1.74. The van der Waals surface area contributed by atoms with Gasteiger partial charge in [0.25, 0.3) is 0 Å². The Bertz CT molecular complexity index is 536. The summed E-state index contributed by atoms with van der Waals surface area (Å²) in [6.45, 7) is 7.66. The molecule has 0 saturated carbocycles. The van der Waals surface area contributed by atoms with E-state index in [9.17, 15) is 0 Å². The third-order valence-electron chi connectivity index (χ3n) is 3.32. The smallest absolute Gasteiger partial charge is 0.236 e. The van der Waals surface area contributed by atoms with Crippen LogP contribution in [0.5, 0.6) is 0 Å². The lowest BCUT2D eigenvalue weighted by atomic mass is 10.2. The number of thiophene rings is 1. The number of oxazole rings is 1. The number of hydrogen-bond donors (Lipinski definition) is 0. The third kappa shape index (κ3) is 2.88. The van der Waals surface area contributed by atoms with E-state index in [0.29, 0.717) is 6.10 Å². The van der Waals surface area contributed by atoms with Crippen LogP contribution in [0.25, 0.3) is 10.8 Å². The lowest BCUT2D eigenvalue weighted by molar-refractivity contribution is -0.0216. The molecule has 1 saturated heterocycles. The average Bonchev–Trinajstić information content (AvgIpc) is 3.00. The summed E-state index contributed by atoms with van der Waals surface area (Å²) in [7, 11) is 0. The molecule has 3 heterocycles. The first-order chi connectivity index (χ1) is 9.22. The fourth-order valence-corrected chi connectivity index (χ4v) is 2.98. The predicted molar refractivity (Wildman–Crippen MR) is 75.2 cm³/mol. The summed E-state index contributed by atoms with van der Waals surface area (Å²) in [4.78, 5) is 8.09. The van der Waals surface area contributed by atoms with Gasteiger partial charge in [0.1, 0.15) is 5.76 Å². The Labute approximate surface area is 117 Å². The van der Waals surface area contributed by atoms with Crippen molar-refractivity contribution in [3.05, 3.63) is 29.0 Å². The Morgan fingerprint density at radius 1 is 1.53 bits per heavy atom. The number of hydrogen-bond acceptors (Lipinski definition) is 5. The lowest BCUT2D eigenvalue weighted by Crippen LogP contribution is -2.40. The zero-order chi connectivity index (χ0) is 13.2. The molecule has 4 nitrogen and oxygen atoms in total. The predicted octanol–water partition coefficient (Wildman–Crippen LogP) is 2.93. The molecule has 102 valence electrons. The van der Waals surface area contributed by atoms with Crippen molar-refractivity contribution >= 4 is 11.3 Å². The Morgan fingerprint density at radius 2 is 2.42 bits per heavy atom. The van der Waals surface area contributed by atoms with Gasteiger partial charge in [-0.05, 0) is 25.3 Å². The molecular formula is C14H18N2O2S. The van der Waals surface area contributed by atoms with Crippen molar-refractivity contribution < 1.29 is 9.15 Å². The number of rotatable bonds is 3. The molecule has 2 aromatic heterocycles. The molecule has 0 aromatic carbocycles. The summed E-state index contributed by atoms with van der Waals surface area (Å²) in [6.07, 6.45) is 0.303. The van der Waals surface area contributed by atoms with Gasteiger partial charge in [0.2, 0.25) is 5.89 Å². The van der Waals surface area contributed by atoms with Gasteiger partial charge in [0, 0.05) is 19.6 Å². The van der Waals surface area contributed by atoms with E-state index in [1.807, 2.05) is 24.4 Å². The molecule has 1 aliphatic heterocycles. The summed E-state index contributed by atoms with van der Waals surface area (Å²) in [5, 5.41) is 2.04. The van der Waals surface area contributed by atoms with Gasteiger partial charge in [-0.3, -0.25) is 4.90 Å². The highest BCUT2D eigenvalue weighted by molar-refractivity contribution is 7.13. The van der Waals surface area contributed by atoms with Crippen LogP contribution in [0.15, 0.2) is 21.9 Å². The summed E-state index contributed by atoms with van der Waals surface area (Å²) < 4.78 is 11.3. The fraction of sp³-hybridized carbons (Fsp3) is 0.500. The normalized spacial score (nSPS) is 20.8. The van der Waals surface area contributed by atoms with E-state index in [4.69, 9.17) is 9.15 Å². The molecule has 0 unspecified atom stereocenters. The van der Waals surface area contributed by atoms with E-state index in [-0.39, 0.29) is 0 Å². The maximum Gasteiger partial charge on any atom is 0.236 e. The van der Waals surface area contributed by atoms with Crippen LogP contribution in [-0.2, 0) is 11.3 Å². The van der Waals surface area contributed by atoms with Crippen LogP contribution in [0.3, 0.4) is 0 Å². The van der Waals surface area contributed by atoms with Gasteiger partial charge < -0.3 is 9.15 Å². The molecule has 1 fully saturated rings. The topological polar surface area (TPSA) is 38.5 Å². The van der Waals surface area contributed by atoms with Crippen molar-refractivity contribution in [3.63, 3.8) is 0 Å². The molecule has 19 heavy (non-hydrogen) atoms. The van der Waals surface area contributed by atoms with E-state index < -0.39 is 0 Å². The second-order valence-corrected chi connectivity index (χ2v) is 5.86. The maximum atomic E-state index is 5.77. The molecule has 3 rings (SSSR count). The second-order valence-electron chi connectivity index (χ2n) is 4.92. The van der Waals surface area contributed by atoms with Crippen molar-refractivity contribution in [2.75, 3.05) is 19.7 Å². The molecule has 1 atom stereocenters. The fourth-order valence-electron chi connectivity index (χ4n) is 2.33. The van der Waals surface area contributed by atoms with E-state index in [2.05, 4.69) is 16.8 Å². The van der Waals surface area contributed by atoms with Gasteiger partial charge in [-0.15, -0.1) is 11.3 Å². The molecule has 0 N–H and O–H groups in total. The van der Waals surface area contributed by atoms with Crippen LogP contribution < -0.4 is 0 Å². The van der Waals surface area contributed by atoms with Gasteiger partial charge in [-0.2, -0.15) is 0 Å². The van der Waals surface area contributed by atoms with E-state index in [1.165, 1.54) is 0 Å². The SMILES string of the molecule is Cc1oc(-c2cccs2)nc1CN1CCO[C@@H](C)C1. The number of nitrogens with zero attached hydrogens (tertiary/aromatic N) is 2. The zero-order valence-corrected chi connectivity index (χ0v) is 12.1. The Kier molecular flexibility index (Phi) is 3.68. The van der Waals surface area contributed by atoms with Crippen LogP contribution in [0.2, 0.25) is 0 Å². The summed E-state index contributed by atoms with van der Waals surface area (Å²) in [5.74, 6) is 1.66. The minimum atomic E-state index is 0.303. The van der Waals surface area contributed by atoms with Crippen molar-refractivity contribution in [2.45, 2.75) is 26.5 Å². The first-order valence-electron chi connectivity index (χ1n) is 6.56. The van der Waals surface area contributed by atoms with E-state index in [0.717, 1.165) is 48.5 Å². The quantitative estimate of drug-likeness (QED) is 0.865. The summed E-state index contributed by atoms with van der Waals surface area (Å²) in [5.41, 5.74) is 1.04. The van der Waals surface area contributed by atoms with Gasteiger partial charge in [-0.25, -0.2) is 4.98 Å². The van der Waals surface area contributed by atoms with Crippen molar-refractivity contribution in [3.8, 4) is 10.8 Å². The number of aromatic nitrogens is 1. The summed E-state index contributed by atoms with van der Waals surface area (Å²) in [6, 6.07) is 4.05. The average molecular weight is 278 g/mol. The second kappa shape index (κ2) is 5.45. The van der Waals surface area contributed by atoms with Crippen molar-refractivity contribution in [1.29, 1.82) is 0 Å². The van der Waals surface area contributed by atoms with Crippen LogP contribution in [0.4, 0.5) is 0 Å². The number of aryl methyl sites for hydroxylation is 1. The molecule has 2 aromatic rings. The first-order valence-corrected chi connectivity index (χ1v) is 7.44. The van der Waals surface area contributed by atoms with Gasteiger partial charge in [0.15, 0.2) is 0 Å². The molecule has 5 heteroatoms. The molecule has 0 spiro atoms. The number of ether oxygens (including phenoxy) is 1. The van der Waals surface area contributed by atoms with Crippen LogP contribution in [-0.4, -0.2) is 35.7 Å². The van der Waals surface area contributed by atoms with Crippen LogP contribution >= 0.6 is 11.3 Å². The van der Waals surface area contributed by atoms with E-state index in [1.54, 1.807) is 11.3 Å². The lowest BCUT2D eigenvalue weighted by Gasteiger charge is -2.30. The van der Waals surface area contributed by atoms with E-state index >= 15 is 0 Å². The van der Waals surface area contributed by atoms with Gasteiger partial charge >= 0.3 is 0 Å². The highest BCUT2D eigenvalue weighted by atomic mass is 32.1. The molecule has 0 amide bonds. The highest BCUT2D eigenvalue weighted by Crippen LogP contribution is 2.26. The van der Waals surface area contributed by atoms with Crippen LogP contribution in [0, 0.1) is 6.92 Å². The summed E-state index contributed by atoms with van der Waals surface area (Å²) >= 11 is 1.65. The van der Waals surface area contributed by atoms with Gasteiger partial charge in [0.05, 0.1) is 23.3 Å². The van der Waals surface area contributed by atoms with Crippen LogP contribution in [0.1, 0.15) is 18.4 Å². The zero-order valence-electron chi connectivity index (χ0n) is 11.3. The minimum Gasteiger partial charge on any atom is -0.440 e. The third-order valence-corrected chi connectivity index (χ3v) is 4.18. The number of morpholine rings is 1. The molecule has 1 aliphatic rings. The van der Waals surface area contributed by atoms with Gasteiger partial charge in [-0.1, -0.05) is 6.07 Å². The Hall–Kier alpha value is -1.17. The molecular weight excluding hydrogens is 260 g/mol. The van der Waals surface area contributed by atoms with Crippen molar-refractivity contribution in [1.82, 2.24) is 9.88 Å². The first kappa shape index (κ1) is 12.8. The molecule has 0 radical (unpaired) electrons. The molecule has 0 bridgehead atoms. The largest absolute Gasteiger partial charge is 0.440 e. The van der Waals surface area contributed by atoms with Crippen molar-refractivity contribution in [2.24, 2.45) is 0 Å². The monoisotopic (exact) mass is 278 g/mol. The highest BCUT2D eigenvalue weighted by Gasteiger charge is 2.20. The molecule has 0 aliphatic carbocycles. The Morgan fingerprint density at radius 3 is 3.16 bits per heavy atom. The maximum absolute atomic E-state index is 5.77. The minimum absolute atomic E-state index is 0.303.